The molecule has 0 radical (unpaired) electrons. The highest BCUT2D eigenvalue weighted by Crippen LogP contribution is 2.34. The number of ether oxygens (including phenoxy) is 1. The van der Waals surface area contributed by atoms with Gasteiger partial charge >= 0.3 is 0 Å². The second-order valence-electron chi connectivity index (χ2n) is 5.06. The number of aromatic nitrogens is 1. The lowest BCUT2D eigenvalue weighted by molar-refractivity contribution is -0.0960. The summed E-state index contributed by atoms with van der Waals surface area (Å²) in [4.78, 5) is 2.30. The van der Waals surface area contributed by atoms with Gasteiger partial charge in [0.2, 0.25) is 0 Å². The Labute approximate surface area is 133 Å². The zero-order valence-electron chi connectivity index (χ0n) is 11.5. The Balaban J connectivity index is 1.91. The fourth-order valence-electron chi connectivity index (χ4n) is 2.77. The molecule has 2 aromatic rings. The van der Waals surface area contributed by atoms with Crippen LogP contribution >= 0.6 is 23.1 Å². The Morgan fingerprint density at radius 3 is 3.00 bits per heavy atom. The van der Waals surface area contributed by atoms with Crippen molar-refractivity contribution in [3.8, 4) is 0 Å². The van der Waals surface area contributed by atoms with Crippen molar-refractivity contribution in [3.05, 3.63) is 52.0 Å². The van der Waals surface area contributed by atoms with Crippen LogP contribution < -0.4 is 0 Å². The summed E-state index contributed by atoms with van der Waals surface area (Å²) in [5.41, 5.74) is 2.18. The Morgan fingerprint density at radius 1 is 1.43 bits per heavy atom. The minimum atomic E-state index is -0.259. The lowest BCUT2D eigenvalue weighted by Gasteiger charge is -2.41. The van der Waals surface area contributed by atoms with Crippen molar-refractivity contribution >= 4 is 23.1 Å². The van der Waals surface area contributed by atoms with E-state index in [0.29, 0.717) is 11.6 Å². The maximum Gasteiger partial charge on any atom is 0.100 e. The first-order chi connectivity index (χ1) is 10.3. The summed E-state index contributed by atoms with van der Waals surface area (Å²) in [6, 6.07) is 7.72. The SMILES string of the molecule is OC[C@@H]1OCCN(Cc2cnsc2)[C@H]1c1ccccc1Cl. The van der Waals surface area contributed by atoms with Crippen molar-refractivity contribution in [2.24, 2.45) is 0 Å². The Bertz CT molecular complexity index is 579. The third kappa shape index (κ3) is 3.27. The molecule has 0 bridgehead atoms. The average Bonchev–Trinajstić information content (AvgIpc) is 3.01. The molecule has 6 heteroatoms. The molecule has 1 saturated heterocycles. The highest BCUT2D eigenvalue weighted by molar-refractivity contribution is 7.03. The average molecular weight is 325 g/mol. The minimum absolute atomic E-state index is 0.0196. The quantitative estimate of drug-likeness (QED) is 0.939. The molecule has 0 amide bonds. The van der Waals surface area contributed by atoms with Gasteiger partial charge in [-0.05, 0) is 28.7 Å². The molecular formula is C15H17ClN2O2S. The zero-order chi connectivity index (χ0) is 14.7. The predicted molar refractivity (Wildman–Crippen MR) is 83.5 cm³/mol. The number of halogens is 1. The summed E-state index contributed by atoms with van der Waals surface area (Å²) < 4.78 is 9.89. The fourth-order valence-corrected chi connectivity index (χ4v) is 3.54. The topological polar surface area (TPSA) is 45.6 Å². The van der Waals surface area contributed by atoms with Crippen molar-refractivity contribution in [1.29, 1.82) is 0 Å². The van der Waals surface area contributed by atoms with E-state index in [-0.39, 0.29) is 18.8 Å². The highest BCUT2D eigenvalue weighted by atomic mass is 35.5. The molecule has 0 spiro atoms. The Hall–Kier alpha value is -0.980. The van der Waals surface area contributed by atoms with E-state index in [1.165, 1.54) is 17.1 Å². The molecule has 1 aromatic carbocycles. The van der Waals surface area contributed by atoms with Crippen LogP contribution in [0.4, 0.5) is 0 Å². The summed E-state index contributed by atoms with van der Waals surface area (Å²) in [6.45, 7) is 2.19. The van der Waals surface area contributed by atoms with Crippen molar-refractivity contribution in [3.63, 3.8) is 0 Å². The summed E-state index contributed by atoms with van der Waals surface area (Å²) in [5, 5.41) is 12.4. The van der Waals surface area contributed by atoms with Crippen LogP contribution in [0, 0.1) is 0 Å². The lowest BCUT2D eigenvalue weighted by Crippen LogP contribution is -2.46. The normalized spacial score (nSPS) is 23.3. The molecule has 21 heavy (non-hydrogen) atoms. The van der Waals surface area contributed by atoms with Gasteiger partial charge in [-0.3, -0.25) is 4.90 Å². The third-order valence-electron chi connectivity index (χ3n) is 3.73. The molecule has 4 nitrogen and oxygen atoms in total. The van der Waals surface area contributed by atoms with E-state index < -0.39 is 0 Å². The maximum atomic E-state index is 9.65. The van der Waals surface area contributed by atoms with Gasteiger partial charge in [0.05, 0.1) is 19.3 Å². The lowest BCUT2D eigenvalue weighted by atomic mass is 9.98. The molecular weight excluding hydrogens is 308 g/mol. The maximum absolute atomic E-state index is 9.65. The van der Waals surface area contributed by atoms with Gasteiger partial charge in [-0.2, -0.15) is 0 Å². The third-order valence-corrected chi connectivity index (χ3v) is 4.71. The molecule has 0 saturated carbocycles. The number of benzene rings is 1. The van der Waals surface area contributed by atoms with Crippen LogP contribution in [0.3, 0.4) is 0 Å². The first-order valence-electron chi connectivity index (χ1n) is 6.89. The van der Waals surface area contributed by atoms with Gasteiger partial charge in [-0.15, -0.1) is 0 Å². The minimum Gasteiger partial charge on any atom is -0.394 e. The predicted octanol–water partition coefficient (Wildman–Crippen LogP) is 2.73. The Morgan fingerprint density at radius 2 is 2.29 bits per heavy atom. The molecule has 1 N–H and O–H groups in total. The first kappa shape index (κ1) is 14.9. The van der Waals surface area contributed by atoms with Crippen LogP contribution in [0.5, 0.6) is 0 Å². The molecule has 3 rings (SSSR count). The molecule has 1 aromatic heterocycles. The van der Waals surface area contributed by atoms with Gasteiger partial charge in [0.15, 0.2) is 0 Å². The molecule has 1 fully saturated rings. The van der Waals surface area contributed by atoms with Gasteiger partial charge in [0, 0.05) is 29.7 Å². The Kier molecular flexibility index (Phi) is 4.87. The van der Waals surface area contributed by atoms with Gasteiger partial charge in [0.1, 0.15) is 6.10 Å². The number of hydrogen-bond acceptors (Lipinski definition) is 5. The van der Waals surface area contributed by atoms with Crippen molar-refractivity contribution in [2.45, 2.75) is 18.7 Å². The number of aliphatic hydroxyl groups is 1. The highest BCUT2D eigenvalue weighted by Gasteiger charge is 2.34. The number of rotatable bonds is 4. The molecule has 2 heterocycles. The van der Waals surface area contributed by atoms with Gasteiger partial charge in [-0.25, -0.2) is 4.37 Å². The van der Waals surface area contributed by atoms with E-state index in [0.717, 1.165) is 18.7 Å². The smallest absolute Gasteiger partial charge is 0.100 e. The van der Waals surface area contributed by atoms with Gasteiger partial charge in [0.25, 0.3) is 0 Å². The van der Waals surface area contributed by atoms with E-state index in [9.17, 15) is 5.11 Å². The fraction of sp³-hybridized carbons (Fsp3) is 0.400. The van der Waals surface area contributed by atoms with E-state index in [1.807, 2.05) is 35.8 Å². The molecule has 0 unspecified atom stereocenters. The van der Waals surface area contributed by atoms with Crippen molar-refractivity contribution in [2.75, 3.05) is 19.8 Å². The monoisotopic (exact) mass is 324 g/mol. The van der Waals surface area contributed by atoms with E-state index in [1.54, 1.807) is 0 Å². The standard InChI is InChI=1S/C15H17ClN2O2S/c16-13-4-2-1-3-12(13)15-14(9-19)20-6-5-18(15)8-11-7-17-21-10-11/h1-4,7,10,14-15,19H,5-6,8-9H2/t14-,15-/m0/s1. The zero-order valence-corrected chi connectivity index (χ0v) is 13.1. The van der Waals surface area contributed by atoms with Gasteiger partial charge < -0.3 is 9.84 Å². The second kappa shape index (κ2) is 6.85. The first-order valence-corrected chi connectivity index (χ1v) is 8.10. The summed E-state index contributed by atoms with van der Waals surface area (Å²) in [6.07, 6.45) is 1.63. The van der Waals surface area contributed by atoms with E-state index >= 15 is 0 Å². The number of morpholine rings is 1. The van der Waals surface area contributed by atoms with Crippen LogP contribution in [0.1, 0.15) is 17.2 Å². The van der Waals surface area contributed by atoms with Crippen LogP contribution in [-0.4, -0.2) is 40.2 Å². The largest absolute Gasteiger partial charge is 0.394 e. The number of hydrogen-bond donors (Lipinski definition) is 1. The molecule has 2 atom stereocenters. The van der Waals surface area contributed by atoms with Crippen LogP contribution in [0.25, 0.3) is 0 Å². The van der Waals surface area contributed by atoms with Crippen LogP contribution in [-0.2, 0) is 11.3 Å². The molecule has 0 aliphatic carbocycles. The molecule has 1 aliphatic heterocycles. The number of nitrogens with zero attached hydrogens (tertiary/aromatic N) is 2. The number of aliphatic hydroxyl groups excluding tert-OH is 1. The molecule has 112 valence electrons. The summed E-state index contributed by atoms with van der Waals surface area (Å²) in [5.74, 6) is 0. The summed E-state index contributed by atoms with van der Waals surface area (Å²) in [7, 11) is 0. The van der Waals surface area contributed by atoms with Crippen LogP contribution in [0.15, 0.2) is 35.8 Å². The van der Waals surface area contributed by atoms with Crippen LogP contribution in [0.2, 0.25) is 5.02 Å². The van der Waals surface area contributed by atoms with E-state index in [2.05, 4.69) is 9.27 Å². The van der Waals surface area contributed by atoms with Crippen molar-refractivity contribution in [1.82, 2.24) is 9.27 Å². The van der Waals surface area contributed by atoms with Crippen molar-refractivity contribution < 1.29 is 9.84 Å². The second-order valence-corrected chi connectivity index (χ2v) is 6.13. The summed E-state index contributed by atoms with van der Waals surface area (Å²) >= 11 is 7.80. The van der Waals surface area contributed by atoms with Gasteiger partial charge in [-0.1, -0.05) is 29.8 Å². The van der Waals surface area contributed by atoms with E-state index in [4.69, 9.17) is 16.3 Å². The molecule has 1 aliphatic rings.